The van der Waals surface area contributed by atoms with E-state index in [1.165, 1.54) is 12.6 Å². The van der Waals surface area contributed by atoms with Crippen LogP contribution >= 0.6 is 0 Å². The summed E-state index contributed by atoms with van der Waals surface area (Å²) in [4.78, 5) is 24.0. The van der Waals surface area contributed by atoms with Gasteiger partial charge in [-0.05, 0) is 61.7 Å². The molecule has 182 valence electrons. The smallest absolute Gasteiger partial charge is 0.260 e. The van der Waals surface area contributed by atoms with Crippen LogP contribution in [0.1, 0.15) is 24.8 Å². The Bertz CT molecular complexity index is 1410. The van der Waals surface area contributed by atoms with Crippen molar-refractivity contribution < 1.29 is 9.53 Å². The summed E-state index contributed by atoms with van der Waals surface area (Å²) in [7, 11) is 0. The fourth-order valence-corrected chi connectivity index (χ4v) is 4.32. The molecule has 0 spiro atoms. The highest BCUT2D eigenvalue weighted by Gasteiger charge is 2.17. The monoisotopic (exact) mass is 480 g/mol. The third kappa shape index (κ3) is 5.12. The molecule has 0 aliphatic carbocycles. The highest BCUT2D eigenvalue weighted by atomic mass is 16.5. The van der Waals surface area contributed by atoms with Crippen LogP contribution < -0.4 is 15.8 Å². The first-order chi connectivity index (χ1) is 17.6. The molecule has 0 atom stereocenters. The molecule has 0 radical (unpaired) electrons. The molecule has 0 unspecified atom stereocenters. The predicted octanol–water partition coefficient (Wildman–Crippen LogP) is 5.01. The molecule has 0 saturated carbocycles. The normalized spacial score (nSPS) is 13.4. The second kappa shape index (κ2) is 10.4. The number of para-hydroxylation sites is 1. The molecular weight excluding hydrogens is 452 g/mol. The van der Waals surface area contributed by atoms with E-state index in [4.69, 9.17) is 25.8 Å². The quantitative estimate of drug-likeness (QED) is 0.253. The Morgan fingerprint density at radius 2 is 1.86 bits per heavy atom. The number of hydrogen-bond acceptors (Lipinski definition) is 7. The van der Waals surface area contributed by atoms with Crippen LogP contribution in [0.5, 0.6) is 5.75 Å². The molecule has 2 heterocycles. The van der Waals surface area contributed by atoms with Crippen molar-refractivity contribution in [1.82, 2.24) is 14.9 Å². The Hall–Kier alpha value is -4.46. The summed E-state index contributed by atoms with van der Waals surface area (Å²) in [6.45, 7) is 1.62. The number of ether oxygens (including phenoxy) is 1. The van der Waals surface area contributed by atoms with Crippen molar-refractivity contribution in [2.75, 3.05) is 30.7 Å². The van der Waals surface area contributed by atoms with Gasteiger partial charge in [0, 0.05) is 47.2 Å². The van der Waals surface area contributed by atoms with Gasteiger partial charge in [0.05, 0.1) is 5.52 Å². The van der Waals surface area contributed by atoms with Gasteiger partial charge < -0.3 is 26.1 Å². The van der Waals surface area contributed by atoms with Gasteiger partial charge in [-0.3, -0.25) is 4.79 Å². The van der Waals surface area contributed by atoms with Gasteiger partial charge in [-0.2, -0.15) is 0 Å². The molecule has 0 bridgehead atoms. The van der Waals surface area contributed by atoms with Gasteiger partial charge in [0.1, 0.15) is 11.6 Å². The summed E-state index contributed by atoms with van der Waals surface area (Å²) in [5.41, 5.74) is 9.45. The van der Waals surface area contributed by atoms with Crippen LogP contribution in [0.4, 0.5) is 17.2 Å². The topological polar surface area (TPSA) is 117 Å². The van der Waals surface area contributed by atoms with Crippen LogP contribution in [-0.2, 0) is 4.79 Å². The van der Waals surface area contributed by atoms with E-state index in [0.29, 0.717) is 28.6 Å². The lowest BCUT2D eigenvalue weighted by molar-refractivity contribution is -0.134. The Labute approximate surface area is 209 Å². The SMILES string of the molecule is N=Cc1cc(Nc2nc(-c3cccc(OCC(=O)N4CCCCC4)c3)nc3ccccc23)ccc1N. The molecule has 4 N–H and O–H groups in total. The van der Waals surface area contributed by atoms with Crippen LogP contribution in [0, 0.1) is 5.41 Å². The summed E-state index contributed by atoms with van der Waals surface area (Å²) in [6, 6.07) is 20.7. The Morgan fingerprint density at radius 1 is 1.03 bits per heavy atom. The highest BCUT2D eigenvalue weighted by molar-refractivity contribution is 5.93. The third-order valence-electron chi connectivity index (χ3n) is 6.27. The molecule has 1 aromatic heterocycles. The van der Waals surface area contributed by atoms with Crippen molar-refractivity contribution in [3.05, 3.63) is 72.3 Å². The second-order valence-corrected chi connectivity index (χ2v) is 8.78. The zero-order chi connectivity index (χ0) is 24.9. The van der Waals surface area contributed by atoms with E-state index in [-0.39, 0.29) is 12.5 Å². The summed E-state index contributed by atoms with van der Waals surface area (Å²) in [6.07, 6.45) is 4.51. The van der Waals surface area contributed by atoms with E-state index in [9.17, 15) is 4.79 Å². The van der Waals surface area contributed by atoms with Gasteiger partial charge in [-0.25, -0.2) is 9.97 Å². The fraction of sp³-hybridized carbons (Fsp3) is 0.214. The average molecular weight is 481 g/mol. The van der Waals surface area contributed by atoms with Gasteiger partial charge >= 0.3 is 0 Å². The van der Waals surface area contributed by atoms with Crippen molar-refractivity contribution in [3.63, 3.8) is 0 Å². The number of fused-ring (bicyclic) bond motifs is 1. The predicted molar refractivity (Wildman–Crippen MR) is 143 cm³/mol. The number of nitrogens with zero attached hydrogens (tertiary/aromatic N) is 3. The average Bonchev–Trinajstić information content (AvgIpc) is 2.93. The van der Waals surface area contributed by atoms with E-state index in [0.717, 1.165) is 48.1 Å². The molecule has 5 rings (SSSR count). The minimum absolute atomic E-state index is 0.0151. The molecule has 4 aromatic rings. The van der Waals surface area contributed by atoms with Gasteiger partial charge in [0.25, 0.3) is 5.91 Å². The highest BCUT2D eigenvalue weighted by Crippen LogP contribution is 2.29. The number of hydrogen-bond donors (Lipinski definition) is 3. The van der Waals surface area contributed by atoms with Crippen molar-refractivity contribution >= 4 is 40.2 Å². The van der Waals surface area contributed by atoms with Crippen LogP contribution in [0.2, 0.25) is 0 Å². The van der Waals surface area contributed by atoms with Gasteiger partial charge in [-0.1, -0.05) is 24.3 Å². The largest absolute Gasteiger partial charge is 0.484 e. The van der Waals surface area contributed by atoms with E-state index < -0.39 is 0 Å². The number of nitrogens with one attached hydrogen (secondary N) is 2. The number of carbonyl (C=O) groups is 1. The Morgan fingerprint density at radius 3 is 2.69 bits per heavy atom. The van der Waals surface area contributed by atoms with E-state index in [1.807, 2.05) is 65.6 Å². The van der Waals surface area contributed by atoms with E-state index in [1.54, 1.807) is 6.07 Å². The molecule has 1 aliphatic heterocycles. The first-order valence-corrected chi connectivity index (χ1v) is 12.1. The molecule has 1 fully saturated rings. The van der Waals surface area contributed by atoms with E-state index in [2.05, 4.69) is 5.32 Å². The Balaban J connectivity index is 1.42. The molecule has 8 heteroatoms. The van der Waals surface area contributed by atoms with Crippen molar-refractivity contribution in [2.24, 2.45) is 0 Å². The van der Waals surface area contributed by atoms with Crippen LogP contribution in [-0.4, -0.2) is 46.7 Å². The molecule has 8 nitrogen and oxygen atoms in total. The molecule has 1 saturated heterocycles. The number of nitrogens with two attached hydrogens (primary N) is 1. The number of benzene rings is 3. The molecule has 1 aliphatic rings. The summed E-state index contributed by atoms with van der Waals surface area (Å²) < 4.78 is 5.84. The van der Waals surface area contributed by atoms with Gasteiger partial charge in [0.2, 0.25) is 0 Å². The first kappa shape index (κ1) is 23.3. The number of aromatic nitrogens is 2. The van der Waals surface area contributed by atoms with Crippen molar-refractivity contribution in [2.45, 2.75) is 19.3 Å². The molecule has 36 heavy (non-hydrogen) atoms. The summed E-state index contributed by atoms with van der Waals surface area (Å²) in [5, 5.41) is 11.8. The zero-order valence-electron chi connectivity index (χ0n) is 19.9. The lowest BCUT2D eigenvalue weighted by Crippen LogP contribution is -2.38. The van der Waals surface area contributed by atoms with Gasteiger partial charge in [0.15, 0.2) is 12.4 Å². The van der Waals surface area contributed by atoms with Crippen LogP contribution in [0.15, 0.2) is 66.7 Å². The maximum absolute atomic E-state index is 12.5. The first-order valence-electron chi connectivity index (χ1n) is 12.1. The van der Waals surface area contributed by atoms with Crippen molar-refractivity contribution in [1.29, 1.82) is 5.41 Å². The van der Waals surface area contributed by atoms with Gasteiger partial charge in [-0.15, -0.1) is 0 Å². The number of likely N-dealkylation sites (tertiary alicyclic amines) is 1. The minimum Gasteiger partial charge on any atom is -0.484 e. The maximum Gasteiger partial charge on any atom is 0.260 e. The lowest BCUT2D eigenvalue weighted by atomic mass is 10.1. The number of amides is 1. The van der Waals surface area contributed by atoms with Crippen LogP contribution in [0.3, 0.4) is 0 Å². The number of piperidine rings is 1. The molecular formula is C28H28N6O2. The number of carbonyl (C=O) groups excluding carboxylic acids is 1. The second-order valence-electron chi connectivity index (χ2n) is 8.78. The molecule has 3 aromatic carbocycles. The number of nitrogen functional groups attached to an aromatic ring is 1. The standard InChI is InChI=1S/C28H28N6O2/c29-17-20-15-21(11-12-24(20)30)31-28-23-9-2-3-10-25(23)32-27(33-28)19-7-6-8-22(16-19)36-18-26(35)34-13-4-1-5-14-34/h2-3,6-12,15-17,29H,1,4-5,13-14,18,30H2,(H,31,32,33). The number of anilines is 3. The van der Waals surface area contributed by atoms with E-state index >= 15 is 0 Å². The lowest BCUT2D eigenvalue weighted by Gasteiger charge is -2.26. The number of rotatable bonds is 7. The minimum atomic E-state index is 0.0151. The molecule has 1 amide bonds. The summed E-state index contributed by atoms with van der Waals surface area (Å²) >= 11 is 0. The van der Waals surface area contributed by atoms with Crippen LogP contribution in [0.25, 0.3) is 22.3 Å². The Kier molecular flexibility index (Phi) is 6.75. The third-order valence-corrected chi connectivity index (χ3v) is 6.27. The maximum atomic E-state index is 12.5. The summed E-state index contributed by atoms with van der Waals surface area (Å²) in [5.74, 6) is 1.79. The van der Waals surface area contributed by atoms with Crippen molar-refractivity contribution in [3.8, 4) is 17.1 Å². The zero-order valence-corrected chi connectivity index (χ0v) is 19.9. The fourth-order valence-electron chi connectivity index (χ4n) is 4.32.